The second-order valence-corrected chi connectivity index (χ2v) is 6.62. The van der Waals surface area contributed by atoms with Crippen molar-refractivity contribution in [2.75, 3.05) is 10.5 Å². The van der Waals surface area contributed by atoms with Gasteiger partial charge in [-0.05, 0) is 50.1 Å². The zero-order valence-electron chi connectivity index (χ0n) is 11.8. The molecule has 0 aliphatic heterocycles. The Hall–Kier alpha value is -2.01. The minimum Gasteiger partial charge on any atom is -0.398 e. The monoisotopic (exact) mass is 290 g/mol. The lowest BCUT2D eigenvalue weighted by molar-refractivity contribution is 0.601. The zero-order chi connectivity index (χ0) is 14.9. The lowest BCUT2D eigenvalue weighted by Gasteiger charge is -2.13. The van der Waals surface area contributed by atoms with Crippen molar-refractivity contribution in [3.05, 3.63) is 53.1 Å². The first-order valence-electron chi connectivity index (χ1n) is 6.26. The summed E-state index contributed by atoms with van der Waals surface area (Å²) in [6.07, 6.45) is 0. The molecule has 3 N–H and O–H groups in total. The smallest absolute Gasteiger partial charge is 0.263 e. The molecule has 0 aromatic heterocycles. The van der Waals surface area contributed by atoms with Crippen LogP contribution in [0.2, 0.25) is 0 Å². The summed E-state index contributed by atoms with van der Waals surface area (Å²) in [6.45, 7) is 5.69. The molecule has 0 saturated carbocycles. The van der Waals surface area contributed by atoms with Gasteiger partial charge in [-0.15, -0.1) is 0 Å². The van der Waals surface area contributed by atoms with Gasteiger partial charge in [-0.2, -0.15) is 0 Å². The van der Waals surface area contributed by atoms with Crippen molar-refractivity contribution >= 4 is 21.4 Å². The van der Waals surface area contributed by atoms with Crippen molar-refractivity contribution in [3.8, 4) is 0 Å². The average Bonchev–Trinajstić information content (AvgIpc) is 2.32. The third-order valence-electron chi connectivity index (χ3n) is 3.08. The average molecular weight is 290 g/mol. The molecule has 0 heterocycles. The van der Waals surface area contributed by atoms with Crippen LogP contribution in [0.5, 0.6) is 0 Å². The molecular weight excluding hydrogens is 272 g/mol. The van der Waals surface area contributed by atoms with Crippen molar-refractivity contribution < 1.29 is 8.42 Å². The lowest BCUT2D eigenvalue weighted by Crippen LogP contribution is -2.15. The molecule has 0 bridgehead atoms. The summed E-state index contributed by atoms with van der Waals surface area (Å²) in [7, 11) is -3.67. The second kappa shape index (κ2) is 5.17. The molecule has 0 aliphatic carbocycles. The fourth-order valence-corrected chi connectivity index (χ4v) is 3.29. The molecule has 20 heavy (non-hydrogen) atoms. The molecule has 0 aliphatic rings. The fourth-order valence-electron chi connectivity index (χ4n) is 2.04. The maximum absolute atomic E-state index is 12.4. The topological polar surface area (TPSA) is 72.2 Å². The van der Waals surface area contributed by atoms with Crippen molar-refractivity contribution in [2.24, 2.45) is 0 Å². The molecule has 4 nitrogen and oxygen atoms in total. The van der Waals surface area contributed by atoms with Crippen molar-refractivity contribution in [2.45, 2.75) is 25.7 Å². The van der Waals surface area contributed by atoms with Gasteiger partial charge >= 0.3 is 0 Å². The van der Waals surface area contributed by atoms with E-state index < -0.39 is 10.0 Å². The Labute approximate surface area is 119 Å². The highest BCUT2D eigenvalue weighted by Crippen LogP contribution is 2.24. The number of benzene rings is 2. The second-order valence-electron chi connectivity index (χ2n) is 4.97. The number of sulfonamides is 1. The summed E-state index contributed by atoms with van der Waals surface area (Å²) in [5.74, 6) is 0. The van der Waals surface area contributed by atoms with Crippen LogP contribution >= 0.6 is 0 Å². The van der Waals surface area contributed by atoms with Gasteiger partial charge in [0.15, 0.2) is 0 Å². The summed E-state index contributed by atoms with van der Waals surface area (Å²) in [6, 6.07) is 10.5. The number of hydrogen-bond donors (Lipinski definition) is 2. The normalized spacial score (nSPS) is 11.3. The molecule has 0 saturated heterocycles. The SMILES string of the molecule is Cc1ccc(NS(=O)(=O)c2ccc(C)cc2N)c(C)c1. The van der Waals surface area contributed by atoms with E-state index in [1.165, 1.54) is 6.07 Å². The van der Waals surface area contributed by atoms with Gasteiger partial charge in [0.05, 0.1) is 11.4 Å². The molecular formula is C15H18N2O2S. The Kier molecular flexibility index (Phi) is 3.72. The van der Waals surface area contributed by atoms with Gasteiger partial charge in [0.2, 0.25) is 0 Å². The van der Waals surface area contributed by atoms with E-state index in [1.54, 1.807) is 18.2 Å². The largest absolute Gasteiger partial charge is 0.398 e. The quantitative estimate of drug-likeness (QED) is 0.854. The minimum absolute atomic E-state index is 0.100. The van der Waals surface area contributed by atoms with Crippen molar-refractivity contribution in [1.82, 2.24) is 0 Å². The van der Waals surface area contributed by atoms with Crippen LogP contribution in [0.15, 0.2) is 41.3 Å². The Bertz CT molecular complexity index is 752. The van der Waals surface area contributed by atoms with E-state index in [-0.39, 0.29) is 10.6 Å². The van der Waals surface area contributed by atoms with E-state index in [1.807, 2.05) is 32.9 Å². The van der Waals surface area contributed by atoms with E-state index in [2.05, 4.69) is 4.72 Å². The van der Waals surface area contributed by atoms with E-state index in [0.29, 0.717) is 5.69 Å². The summed E-state index contributed by atoms with van der Waals surface area (Å²) in [5, 5.41) is 0. The van der Waals surface area contributed by atoms with Crippen LogP contribution in [0.4, 0.5) is 11.4 Å². The number of nitrogens with one attached hydrogen (secondary N) is 1. The van der Waals surface area contributed by atoms with E-state index >= 15 is 0 Å². The Balaban J connectivity index is 2.41. The molecule has 2 aromatic carbocycles. The summed E-state index contributed by atoms with van der Waals surface area (Å²) < 4.78 is 27.3. The summed E-state index contributed by atoms with van der Waals surface area (Å²) in [4.78, 5) is 0.100. The highest BCUT2D eigenvalue weighted by atomic mass is 32.2. The first-order valence-corrected chi connectivity index (χ1v) is 7.74. The molecule has 2 aromatic rings. The Morgan fingerprint density at radius 2 is 1.55 bits per heavy atom. The number of nitrogens with two attached hydrogens (primary N) is 1. The van der Waals surface area contributed by atoms with E-state index in [9.17, 15) is 8.42 Å². The van der Waals surface area contributed by atoms with Gasteiger partial charge in [0, 0.05) is 0 Å². The standard InChI is InChI=1S/C15H18N2O2S/c1-10-4-6-14(12(3)8-10)17-20(18,19)15-7-5-11(2)9-13(15)16/h4-9,17H,16H2,1-3H3. The van der Waals surface area contributed by atoms with Crippen molar-refractivity contribution in [1.29, 1.82) is 0 Å². The number of hydrogen-bond acceptors (Lipinski definition) is 3. The van der Waals surface area contributed by atoms with Crippen LogP contribution in [-0.4, -0.2) is 8.42 Å². The molecule has 0 spiro atoms. The van der Waals surface area contributed by atoms with E-state index in [4.69, 9.17) is 5.73 Å². The lowest BCUT2D eigenvalue weighted by atomic mass is 10.1. The Morgan fingerprint density at radius 3 is 2.15 bits per heavy atom. The van der Waals surface area contributed by atoms with Crippen LogP contribution in [0, 0.1) is 20.8 Å². The molecule has 106 valence electrons. The highest BCUT2D eigenvalue weighted by molar-refractivity contribution is 7.92. The molecule has 5 heteroatoms. The van der Waals surface area contributed by atoms with Gasteiger partial charge in [-0.25, -0.2) is 8.42 Å². The van der Waals surface area contributed by atoms with Crippen LogP contribution < -0.4 is 10.5 Å². The third kappa shape index (κ3) is 2.93. The number of rotatable bonds is 3. The molecule has 0 radical (unpaired) electrons. The first kappa shape index (κ1) is 14.4. The van der Waals surface area contributed by atoms with Gasteiger partial charge in [0.25, 0.3) is 10.0 Å². The fraction of sp³-hybridized carbons (Fsp3) is 0.200. The maximum Gasteiger partial charge on any atom is 0.263 e. The molecule has 0 fully saturated rings. The predicted octanol–water partition coefficient (Wildman–Crippen LogP) is 2.99. The van der Waals surface area contributed by atoms with Gasteiger partial charge < -0.3 is 5.73 Å². The predicted molar refractivity (Wildman–Crippen MR) is 82.3 cm³/mol. The Morgan fingerprint density at radius 1 is 0.950 bits per heavy atom. The van der Waals surface area contributed by atoms with E-state index in [0.717, 1.165) is 16.7 Å². The highest BCUT2D eigenvalue weighted by Gasteiger charge is 2.18. The molecule has 0 unspecified atom stereocenters. The molecule has 0 atom stereocenters. The van der Waals surface area contributed by atoms with Gasteiger partial charge in [0.1, 0.15) is 4.90 Å². The third-order valence-corrected chi connectivity index (χ3v) is 4.52. The molecule has 2 rings (SSSR count). The van der Waals surface area contributed by atoms with Crippen LogP contribution in [0.25, 0.3) is 0 Å². The molecule has 0 amide bonds. The number of anilines is 2. The van der Waals surface area contributed by atoms with Gasteiger partial charge in [-0.1, -0.05) is 23.8 Å². The van der Waals surface area contributed by atoms with Gasteiger partial charge in [-0.3, -0.25) is 4.72 Å². The summed E-state index contributed by atoms with van der Waals surface area (Å²) >= 11 is 0. The maximum atomic E-state index is 12.4. The number of nitrogen functional groups attached to an aromatic ring is 1. The van der Waals surface area contributed by atoms with Crippen LogP contribution in [-0.2, 0) is 10.0 Å². The van der Waals surface area contributed by atoms with Crippen LogP contribution in [0.3, 0.4) is 0 Å². The number of aryl methyl sites for hydroxylation is 3. The van der Waals surface area contributed by atoms with Crippen LogP contribution in [0.1, 0.15) is 16.7 Å². The summed E-state index contributed by atoms with van der Waals surface area (Å²) in [5.41, 5.74) is 9.50. The first-order chi connectivity index (χ1) is 9.29. The minimum atomic E-state index is -3.67. The van der Waals surface area contributed by atoms with Crippen molar-refractivity contribution in [3.63, 3.8) is 0 Å². The zero-order valence-corrected chi connectivity index (χ0v) is 12.6.